The molecule has 4 rings (SSSR count). The fourth-order valence-electron chi connectivity index (χ4n) is 3.62. The molecule has 0 saturated heterocycles. The predicted molar refractivity (Wildman–Crippen MR) is 89.9 cm³/mol. The summed E-state index contributed by atoms with van der Waals surface area (Å²) in [6.45, 7) is 0.667. The van der Waals surface area contributed by atoms with Crippen LogP contribution in [0.15, 0.2) is 60.4 Å². The first-order chi connectivity index (χ1) is 12.1. The van der Waals surface area contributed by atoms with Gasteiger partial charge in [-0.05, 0) is 29.3 Å². The molecule has 0 amide bonds. The molecule has 0 radical (unpaired) electrons. The van der Waals surface area contributed by atoms with Gasteiger partial charge in [0.1, 0.15) is 5.82 Å². The first-order valence-corrected chi connectivity index (χ1v) is 8.19. The smallest absolute Gasteiger partial charge is 0.373 e. The van der Waals surface area contributed by atoms with Crippen LogP contribution < -0.4 is 5.32 Å². The van der Waals surface area contributed by atoms with E-state index in [9.17, 15) is 9.18 Å². The summed E-state index contributed by atoms with van der Waals surface area (Å²) in [4.78, 5) is 12.1. The summed E-state index contributed by atoms with van der Waals surface area (Å²) < 4.78 is 24.2. The van der Waals surface area contributed by atoms with E-state index < -0.39 is 11.7 Å². The average Bonchev–Trinajstić information content (AvgIpc) is 2.99. The quantitative estimate of drug-likeness (QED) is 0.853. The number of methoxy groups -OCH3 is 1. The summed E-state index contributed by atoms with van der Waals surface area (Å²) in [5.41, 5.74) is 2.31. The number of hydrogen-bond donors (Lipinski definition) is 1. The molecule has 25 heavy (non-hydrogen) atoms. The highest BCUT2D eigenvalue weighted by molar-refractivity contribution is 5.86. The zero-order valence-electron chi connectivity index (χ0n) is 13.8. The van der Waals surface area contributed by atoms with Gasteiger partial charge >= 0.3 is 5.97 Å². The number of carbonyl (C=O) groups excluding carboxylic acids is 1. The minimum atomic E-state index is -0.784. The normalized spacial score (nSPS) is 24.4. The summed E-state index contributed by atoms with van der Waals surface area (Å²) in [5.74, 6) is -0.723. The van der Waals surface area contributed by atoms with E-state index in [1.807, 2.05) is 24.3 Å². The summed E-state index contributed by atoms with van der Waals surface area (Å²) >= 11 is 0. The molecule has 2 atom stereocenters. The molecule has 0 fully saturated rings. The van der Waals surface area contributed by atoms with Crippen LogP contribution in [0.3, 0.4) is 0 Å². The number of nitrogens with one attached hydrogen (secondary N) is 1. The van der Waals surface area contributed by atoms with Gasteiger partial charge in [0.2, 0.25) is 5.76 Å². The van der Waals surface area contributed by atoms with Gasteiger partial charge in [-0.25, -0.2) is 9.18 Å². The van der Waals surface area contributed by atoms with Crippen molar-refractivity contribution in [3.05, 3.63) is 82.9 Å². The Hall–Kier alpha value is -2.66. The fraction of sp³-hybridized carbons (Fsp3) is 0.250. The van der Waals surface area contributed by atoms with E-state index in [2.05, 4.69) is 5.32 Å². The zero-order chi connectivity index (χ0) is 17.4. The lowest BCUT2D eigenvalue weighted by Crippen LogP contribution is -2.44. The van der Waals surface area contributed by atoms with Gasteiger partial charge in [0.25, 0.3) is 0 Å². The van der Waals surface area contributed by atoms with Crippen LogP contribution in [-0.4, -0.2) is 13.1 Å². The topological polar surface area (TPSA) is 47.6 Å². The van der Waals surface area contributed by atoms with E-state index in [4.69, 9.17) is 9.47 Å². The van der Waals surface area contributed by atoms with Crippen LogP contribution in [0.2, 0.25) is 0 Å². The van der Waals surface area contributed by atoms with Gasteiger partial charge < -0.3 is 9.47 Å². The van der Waals surface area contributed by atoms with Crippen LogP contribution in [0.1, 0.15) is 29.0 Å². The molecule has 2 heterocycles. The number of esters is 1. The Morgan fingerprint density at radius 3 is 2.76 bits per heavy atom. The third-order valence-corrected chi connectivity index (χ3v) is 4.85. The summed E-state index contributed by atoms with van der Waals surface area (Å²) in [6, 6.07) is 14.3. The Kier molecular flexibility index (Phi) is 3.81. The van der Waals surface area contributed by atoms with Crippen molar-refractivity contribution in [1.82, 2.24) is 5.32 Å². The van der Waals surface area contributed by atoms with E-state index in [-0.39, 0.29) is 17.5 Å². The van der Waals surface area contributed by atoms with Crippen LogP contribution in [-0.2, 0) is 26.5 Å². The number of benzene rings is 2. The van der Waals surface area contributed by atoms with Crippen LogP contribution in [0.5, 0.6) is 0 Å². The summed E-state index contributed by atoms with van der Waals surface area (Å²) in [7, 11) is 1.33. The number of ether oxygens (including phenoxy) is 2. The molecule has 0 bridgehead atoms. The SMILES string of the molecule is COC(=O)C1=CC(c2ccc(F)cc2)CC2(NCc3ccccc32)O1. The highest BCUT2D eigenvalue weighted by Gasteiger charge is 2.46. The van der Waals surface area contributed by atoms with Crippen molar-refractivity contribution in [3.8, 4) is 0 Å². The second kappa shape index (κ2) is 6.01. The van der Waals surface area contributed by atoms with Crippen LogP contribution in [0, 0.1) is 5.82 Å². The van der Waals surface area contributed by atoms with Crippen molar-refractivity contribution in [2.75, 3.05) is 7.11 Å². The number of fused-ring (bicyclic) bond motifs is 2. The third kappa shape index (κ3) is 2.70. The Balaban J connectivity index is 1.78. The van der Waals surface area contributed by atoms with Gasteiger partial charge in [-0.1, -0.05) is 36.4 Å². The molecule has 128 valence electrons. The number of carbonyl (C=O) groups is 1. The van der Waals surface area contributed by atoms with Gasteiger partial charge in [0.05, 0.1) is 7.11 Å². The number of halogens is 1. The monoisotopic (exact) mass is 339 g/mol. The lowest BCUT2D eigenvalue weighted by Gasteiger charge is -2.38. The lowest BCUT2D eigenvalue weighted by molar-refractivity contribution is -0.147. The Morgan fingerprint density at radius 1 is 1.24 bits per heavy atom. The second-order valence-electron chi connectivity index (χ2n) is 6.32. The highest BCUT2D eigenvalue weighted by atomic mass is 19.1. The van der Waals surface area contributed by atoms with Crippen molar-refractivity contribution < 1.29 is 18.7 Å². The molecule has 1 spiro atoms. The van der Waals surface area contributed by atoms with Crippen molar-refractivity contribution >= 4 is 5.97 Å². The summed E-state index contributed by atoms with van der Waals surface area (Å²) in [5, 5.41) is 3.41. The molecular weight excluding hydrogens is 321 g/mol. The molecule has 0 saturated carbocycles. The second-order valence-corrected chi connectivity index (χ2v) is 6.32. The standard InChI is InChI=1S/C20H18FNO3/c1-24-19(23)18-10-15(13-6-8-16(21)9-7-13)11-20(25-18)17-5-3-2-4-14(17)12-22-20/h2-10,15,22H,11-12H2,1H3. The van der Waals surface area contributed by atoms with E-state index in [0.717, 1.165) is 16.7 Å². The largest absolute Gasteiger partial charge is 0.463 e. The Bertz CT molecular complexity index is 846. The molecule has 2 aromatic carbocycles. The van der Waals surface area contributed by atoms with Crippen LogP contribution >= 0.6 is 0 Å². The highest BCUT2D eigenvalue weighted by Crippen LogP contribution is 2.45. The molecule has 2 unspecified atom stereocenters. The average molecular weight is 339 g/mol. The van der Waals surface area contributed by atoms with Gasteiger partial charge in [-0.15, -0.1) is 0 Å². The third-order valence-electron chi connectivity index (χ3n) is 4.85. The van der Waals surface area contributed by atoms with Crippen LogP contribution in [0.4, 0.5) is 4.39 Å². The van der Waals surface area contributed by atoms with Gasteiger partial charge in [-0.2, -0.15) is 0 Å². The van der Waals surface area contributed by atoms with Gasteiger partial charge in [0, 0.05) is 24.4 Å². The maximum atomic E-state index is 13.3. The number of hydrogen-bond acceptors (Lipinski definition) is 4. The van der Waals surface area contributed by atoms with Crippen molar-refractivity contribution in [1.29, 1.82) is 0 Å². The molecule has 0 aromatic heterocycles. The first kappa shape index (κ1) is 15.8. The first-order valence-electron chi connectivity index (χ1n) is 8.19. The van der Waals surface area contributed by atoms with Gasteiger partial charge in [0.15, 0.2) is 5.72 Å². The Labute approximate surface area is 145 Å². The van der Waals surface area contributed by atoms with E-state index in [1.165, 1.54) is 19.2 Å². The maximum absolute atomic E-state index is 13.3. The predicted octanol–water partition coefficient (Wildman–Crippen LogP) is 3.34. The molecule has 2 aliphatic rings. The fourth-order valence-corrected chi connectivity index (χ4v) is 3.62. The maximum Gasteiger partial charge on any atom is 0.373 e. The minimum absolute atomic E-state index is 0.0953. The van der Waals surface area contributed by atoms with E-state index in [1.54, 1.807) is 18.2 Å². The molecule has 0 aliphatic carbocycles. The Morgan fingerprint density at radius 2 is 2.00 bits per heavy atom. The number of rotatable bonds is 2. The molecule has 4 nitrogen and oxygen atoms in total. The molecule has 1 N–H and O–H groups in total. The van der Waals surface area contributed by atoms with Crippen molar-refractivity contribution in [2.45, 2.75) is 24.6 Å². The summed E-state index contributed by atoms with van der Waals surface area (Å²) in [6.07, 6.45) is 2.36. The number of allylic oxidation sites excluding steroid dienone is 1. The molecule has 5 heteroatoms. The van der Waals surface area contributed by atoms with Crippen LogP contribution in [0.25, 0.3) is 0 Å². The molecule has 2 aliphatic heterocycles. The van der Waals surface area contributed by atoms with Gasteiger partial charge in [-0.3, -0.25) is 5.32 Å². The van der Waals surface area contributed by atoms with E-state index >= 15 is 0 Å². The lowest BCUT2D eigenvalue weighted by atomic mass is 9.84. The van der Waals surface area contributed by atoms with E-state index in [0.29, 0.717) is 13.0 Å². The molecule has 2 aromatic rings. The van der Waals surface area contributed by atoms with Crippen molar-refractivity contribution in [3.63, 3.8) is 0 Å². The minimum Gasteiger partial charge on any atom is -0.463 e. The van der Waals surface area contributed by atoms with Crippen molar-refractivity contribution in [2.24, 2.45) is 0 Å². The molecular formula is C20H18FNO3. The zero-order valence-corrected chi connectivity index (χ0v) is 13.8.